The first-order chi connectivity index (χ1) is 15.0. The molecule has 158 valence electrons. The summed E-state index contributed by atoms with van der Waals surface area (Å²) in [4.78, 5) is 33.4. The second-order valence-electron chi connectivity index (χ2n) is 8.28. The molecule has 3 heterocycles. The van der Waals surface area contributed by atoms with Crippen LogP contribution in [0.25, 0.3) is 11.2 Å². The van der Waals surface area contributed by atoms with Gasteiger partial charge < -0.3 is 9.47 Å². The molecule has 2 aromatic carbocycles. The van der Waals surface area contributed by atoms with Gasteiger partial charge in [0.15, 0.2) is 11.2 Å². The van der Waals surface area contributed by atoms with Crippen LogP contribution >= 0.6 is 0 Å². The highest BCUT2D eigenvalue weighted by atomic mass is 16.2. The quantitative estimate of drug-likeness (QED) is 0.514. The Labute approximate surface area is 179 Å². The first kappa shape index (κ1) is 19.4. The summed E-state index contributed by atoms with van der Waals surface area (Å²) in [6.45, 7) is 4.01. The van der Waals surface area contributed by atoms with Crippen molar-refractivity contribution in [2.45, 2.75) is 26.4 Å². The van der Waals surface area contributed by atoms with Crippen molar-refractivity contribution in [3.8, 4) is 0 Å². The first-order valence-corrected chi connectivity index (χ1v) is 10.6. The van der Waals surface area contributed by atoms with Crippen molar-refractivity contribution >= 4 is 22.8 Å². The Hall–Kier alpha value is -3.61. The number of aryl methyl sites for hydroxylation is 2. The molecule has 0 N–H and O–H groups in total. The summed E-state index contributed by atoms with van der Waals surface area (Å²) < 4.78 is 4.83. The summed E-state index contributed by atoms with van der Waals surface area (Å²) >= 11 is 0. The predicted octanol–water partition coefficient (Wildman–Crippen LogP) is 2.93. The van der Waals surface area contributed by atoms with Crippen molar-refractivity contribution in [3.63, 3.8) is 0 Å². The molecule has 7 nitrogen and oxygen atoms in total. The van der Waals surface area contributed by atoms with Crippen molar-refractivity contribution in [1.29, 1.82) is 0 Å². The van der Waals surface area contributed by atoms with E-state index in [0.717, 1.165) is 17.8 Å². The molecule has 0 unspecified atom stereocenters. The van der Waals surface area contributed by atoms with E-state index in [1.807, 2.05) is 65.2 Å². The number of nitrogens with zero attached hydrogens (tertiary/aromatic N) is 5. The standard InChI is InChI=1S/C24H25N5O2/c1-17-15-28(19-11-7-4-8-12-19)23-25-21-20(29(23)16-17)22(30)27(24(31)26(21)2)14-13-18-9-5-3-6-10-18/h3-12,17H,13-16H2,1-2H3/t17-/m1/s1. The molecule has 1 aliphatic rings. The summed E-state index contributed by atoms with van der Waals surface area (Å²) in [6, 6.07) is 20.0. The van der Waals surface area contributed by atoms with Crippen LogP contribution in [0.2, 0.25) is 0 Å². The summed E-state index contributed by atoms with van der Waals surface area (Å²) in [7, 11) is 1.69. The smallest absolute Gasteiger partial charge is 0.312 e. The Morgan fingerprint density at radius 3 is 2.35 bits per heavy atom. The van der Waals surface area contributed by atoms with Crippen LogP contribution in [0, 0.1) is 5.92 Å². The Bertz CT molecular complexity index is 1350. The van der Waals surface area contributed by atoms with E-state index in [1.54, 1.807) is 7.05 Å². The monoisotopic (exact) mass is 415 g/mol. The number of rotatable bonds is 4. The molecule has 0 radical (unpaired) electrons. The van der Waals surface area contributed by atoms with E-state index >= 15 is 0 Å². The number of imidazole rings is 1. The Morgan fingerprint density at radius 2 is 1.65 bits per heavy atom. The van der Waals surface area contributed by atoms with Crippen LogP contribution in [0.15, 0.2) is 70.3 Å². The lowest BCUT2D eigenvalue weighted by Gasteiger charge is -2.32. The van der Waals surface area contributed by atoms with E-state index in [0.29, 0.717) is 42.5 Å². The highest BCUT2D eigenvalue weighted by Gasteiger charge is 2.29. The van der Waals surface area contributed by atoms with Gasteiger partial charge in [0.25, 0.3) is 5.56 Å². The van der Waals surface area contributed by atoms with Gasteiger partial charge in [0, 0.05) is 32.4 Å². The minimum absolute atomic E-state index is 0.269. The second-order valence-corrected chi connectivity index (χ2v) is 8.28. The Morgan fingerprint density at radius 1 is 0.968 bits per heavy atom. The van der Waals surface area contributed by atoms with E-state index in [4.69, 9.17) is 4.98 Å². The van der Waals surface area contributed by atoms with E-state index in [2.05, 4.69) is 11.8 Å². The average molecular weight is 415 g/mol. The third-order valence-electron chi connectivity index (χ3n) is 5.98. The molecule has 2 aromatic heterocycles. The molecule has 0 saturated carbocycles. The maximum Gasteiger partial charge on any atom is 0.332 e. The fraction of sp³-hybridized carbons (Fsp3) is 0.292. The van der Waals surface area contributed by atoms with Gasteiger partial charge in [-0.1, -0.05) is 55.5 Å². The zero-order chi connectivity index (χ0) is 21.5. The van der Waals surface area contributed by atoms with E-state index < -0.39 is 0 Å². The molecule has 0 amide bonds. The van der Waals surface area contributed by atoms with Crippen LogP contribution in [0.4, 0.5) is 11.6 Å². The molecular formula is C24H25N5O2. The van der Waals surface area contributed by atoms with Crippen LogP contribution in [0.3, 0.4) is 0 Å². The van der Waals surface area contributed by atoms with Crippen LogP contribution in [0.1, 0.15) is 12.5 Å². The van der Waals surface area contributed by atoms with Crippen molar-refractivity contribution in [2.75, 3.05) is 11.4 Å². The zero-order valence-electron chi connectivity index (χ0n) is 17.7. The second kappa shape index (κ2) is 7.58. The number of anilines is 2. The van der Waals surface area contributed by atoms with Crippen molar-refractivity contribution in [3.05, 3.63) is 87.1 Å². The number of hydrogen-bond acceptors (Lipinski definition) is 4. The Balaban J connectivity index is 1.66. The normalized spacial score (nSPS) is 15.9. The van der Waals surface area contributed by atoms with Gasteiger partial charge in [0.2, 0.25) is 5.95 Å². The first-order valence-electron chi connectivity index (χ1n) is 10.6. The maximum absolute atomic E-state index is 13.5. The molecule has 0 saturated heterocycles. The molecule has 0 bridgehead atoms. The van der Waals surface area contributed by atoms with Gasteiger partial charge in [-0.2, -0.15) is 4.98 Å². The van der Waals surface area contributed by atoms with Crippen LogP contribution < -0.4 is 16.1 Å². The third kappa shape index (κ3) is 3.26. The molecule has 1 atom stereocenters. The van der Waals surface area contributed by atoms with Gasteiger partial charge in [0.05, 0.1) is 0 Å². The van der Waals surface area contributed by atoms with E-state index in [1.165, 1.54) is 9.13 Å². The summed E-state index contributed by atoms with van der Waals surface area (Å²) in [5.74, 6) is 1.05. The minimum atomic E-state index is -0.330. The van der Waals surface area contributed by atoms with Crippen LogP contribution in [-0.4, -0.2) is 25.2 Å². The lowest BCUT2D eigenvalue weighted by molar-refractivity contribution is 0.457. The van der Waals surface area contributed by atoms with Gasteiger partial charge in [-0.25, -0.2) is 4.79 Å². The minimum Gasteiger partial charge on any atom is -0.312 e. The zero-order valence-corrected chi connectivity index (χ0v) is 17.7. The topological polar surface area (TPSA) is 65.1 Å². The van der Waals surface area contributed by atoms with Gasteiger partial charge >= 0.3 is 5.69 Å². The fourth-order valence-corrected chi connectivity index (χ4v) is 4.41. The highest BCUT2D eigenvalue weighted by Crippen LogP contribution is 2.32. The number of para-hydroxylation sites is 1. The molecule has 7 heteroatoms. The molecular weight excluding hydrogens is 390 g/mol. The maximum atomic E-state index is 13.5. The molecule has 0 aliphatic carbocycles. The van der Waals surface area contributed by atoms with Crippen molar-refractivity contribution in [2.24, 2.45) is 13.0 Å². The number of hydrogen-bond donors (Lipinski definition) is 0. The largest absolute Gasteiger partial charge is 0.332 e. The molecule has 0 spiro atoms. The summed E-state index contributed by atoms with van der Waals surface area (Å²) in [6.07, 6.45) is 0.620. The summed E-state index contributed by atoms with van der Waals surface area (Å²) in [5, 5.41) is 0. The van der Waals surface area contributed by atoms with Gasteiger partial charge in [-0.05, 0) is 30.0 Å². The average Bonchev–Trinajstić information content (AvgIpc) is 3.18. The van der Waals surface area contributed by atoms with Crippen molar-refractivity contribution in [1.82, 2.24) is 18.7 Å². The highest BCUT2D eigenvalue weighted by molar-refractivity contribution is 5.77. The number of fused-ring (bicyclic) bond motifs is 3. The molecule has 0 fully saturated rings. The lowest BCUT2D eigenvalue weighted by Crippen LogP contribution is -2.40. The van der Waals surface area contributed by atoms with Crippen molar-refractivity contribution < 1.29 is 0 Å². The van der Waals surface area contributed by atoms with Crippen LogP contribution in [-0.2, 0) is 26.6 Å². The molecule has 1 aliphatic heterocycles. The van der Waals surface area contributed by atoms with Gasteiger partial charge in [-0.15, -0.1) is 0 Å². The van der Waals surface area contributed by atoms with E-state index in [-0.39, 0.29) is 11.2 Å². The number of benzene rings is 2. The molecule has 5 rings (SSSR count). The lowest BCUT2D eigenvalue weighted by atomic mass is 10.1. The van der Waals surface area contributed by atoms with Gasteiger partial charge in [0.1, 0.15) is 0 Å². The number of aromatic nitrogens is 4. The Kier molecular flexibility index (Phi) is 4.73. The van der Waals surface area contributed by atoms with E-state index in [9.17, 15) is 9.59 Å². The molecule has 31 heavy (non-hydrogen) atoms. The SMILES string of the molecule is C[C@@H]1CN(c2ccccc2)c2nc3c(c(=O)n(CCc4ccccc4)c(=O)n3C)n2C1. The molecule has 4 aromatic rings. The van der Waals surface area contributed by atoms with Crippen LogP contribution in [0.5, 0.6) is 0 Å². The van der Waals surface area contributed by atoms with Gasteiger partial charge in [-0.3, -0.25) is 13.9 Å². The fourth-order valence-electron chi connectivity index (χ4n) is 4.41. The predicted molar refractivity (Wildman–Crippen MR) is 122 cm³/mol. The summed E-state index contributed by atoms with van der Waals surface area (Å²) in [5.41, 5.74) is 2.46. The third-order valence-corrected chi connectivity index (χ3v) is 5.98.